The molecule has 0 unspecified atom stereocenters. The fourth-order valence-corrected chi connectivity index (χ4v) is 6.12. The quantitative estimate of drug-likeness (QED) is 0.665. The number of carbonyl (C=O) groups excluding carboxylic acids is 1. The lowest BCUT2D eigenvalue weighted by molar-refractivity contribution is -0.00232. The van der Waals surface area contributed by atoms with Gasteiger partial charge in [-0.1, -0.05) is 38.7 Å². The van der Waals surface area contributed by atoms with Crippen LogP contribution >= 0.6 is 0 Å². The highest BCUT2D eigenvalue weighted by molar-refractivity contribution is 7.92. The van der Waals surface area contributed by atoms with Crippen molar-refractivity contribution in [2.75, 3.05) is 18.5 Å². The van der Waals surface area contributed by atoms with E-state index in [1.165, 1.54) is 19.3 Å². The van der Waals surface area contributed by atoms with Crippen LogP contribution in [-0.4, -0.2) is 39.0 Å². The number of amides is 2. The second-order valence-electron chi connectivity index (χ2n) is 8.03. The molecular formula is C21H32N2O4S. The maximum Gasteiger partial charge on any atom is 0.319 e. The van der Waals surface area contributed by atoms with E-state index in [0.717, 1.165) is 32.1 Å². The SMILES string of the molecule is C[C@H]1CCCC[C@@H]1OCCNC(=O)Nc1cccc(S(=O)(=O)C2CCCC2)c1. The minimum Gasteiger partial charge on any atom is -0.376 e. The smallest absolute Gasteiger partial charge is 0.319 e. The van der Waals surface area contributed by atoms with E-state index in [0.29, 0.717) is 24.8 Å². The maximum absolute atomic E-state index is 12.7. The van der Waals surface area contributed by atoms with Crippen molar-refractivity contribution < 1.29 is 17.9 Å². The van der Waals surface area contributed by atoms with Crippen molar-refractivity contribution in [2.24, 2.45) is 5.92 Å². The Hall–Kier alpha value is -1.60. The second-order valence-corrected chi connectivity index (χ2v) is 10.3. The fraction of sp³-hybridized carbons (Fsp3) is 0.667. The predicted molar refractivity (Wildman–Crippen MR) is 110 cm³/mol. The molecule has 2 aliphatic rings. The van der Waals surface area contributed by atoms with Gasteiger partial charge in [0.05, 0.1) is 22.9 Å². The summed E-state index contributed by atoms with van der Waals surface area (Å²) in [7, 11) is -3.33. The van der Waals surface area contributed by atoms with Gasteiger partial charge in [-0.2, -0.15) is 0 Å². The molecule has 6 nitrogen and oxygen atoms in total. The van der Waals surface area contributed by atoms with Crippen molar-refractivity contribution in [1.82, 2.24) is 5.32 Å². The lowest BCUT2D eigenvalue weighted by Crippen LogP contribution is -2.34. The van der Waals surface area contributed by atoms with Crippen molar-refractivity contribution in [3.63, 3.8) is 0 Å². The average molecular weight is 409 g/mol. The normalized spacial score (nSPS) is 23.5. The van der Waals surface area contributed by atoms with Gasteiger partial charge < -0.3 is 15.4 Å². The van der Waals surface area contributed by atoms with E-state index >= 15 is 0 Å². The van der Waals surface area contributed by atoms with E-state index in [-0.39, 0.29) is 22.3 Å². The number of sulfone groups is 1. The van der Waals surface area contributed by atoms with Crippen LogP contribution < -0.4 is 10.6 Å². The Morgan fingerprint density at radius 1 is 1.11 bits per heavy atom. The summed E-state index contributed by atoms with van der Waals surface area (Å²) < 4.78 is 31.3. The van der Waals surface area contributed by atoms with E-state index in [1.807, 2.05) is 0 Å². The van der Waals surface area contributed by atoms with E-state index in [1.54, 1.807) is 24.3 Å². The highest BCUT2D eigenvalue weighted by atomic mass is 32.2. The standard InChI is InChI=1S/C21H32N2O4S/c1-16-7-2-5-12-20(16)27-14-13-22-21(24)23-17-8-6-11-19(15-17)28(25,26)18-9-3-4-10-18/h6,8,11,15-16,18,20H,2-5,7,9-10,12-14H2,1H3,(H2,22,23,24)/t16-,20-/m0/s1. The van der Waals surface area contributed by atoms with Crippen LogP contribution in [0.1, 0.15) is 58.3 Å². The first-order chi connectivity index (χ1) is 13.5. The van der Waals surface area contributed by atoms with Gasteiger partial charge in [0.1, 0.15) is 0 Å². The molecule has 0 spiro atoms. The zero-order valence-electron chi connectivity index (χ0n) is 16.7. The molecule has 3 rings (SSSR count). The van der Waals surface area contributed by atoms with Crippen LogP contribution in [0, 0.1) is 5.92 Å². The summed E-state index contributed by atoms with van der Waals surface area (Å²) >= 11 is 0. The average Bonchev–Trinajstić information content (AvgIpc) is 3.22. The van der Waals surface area contributed by atoms with Gasteiger partial charge in [0.15, 0.2) is 9.84 Å². The number of benzene rings is 1. The Morgan fingerprint density at radius 2 is 1.82 bits per heavy atom. The molecule has 28 heavy (non-hydrogen) atoms. The number of carbonyl (C=O) groups is 1. The zero-order chi connectivity index (χ0) is 20.0. The third-order valence-electron chi connectivity index (χ3n) is 5.91. The van der Waals surface area contributed by atoms with Gasteiger partial charge >= 0.3 is 6.03 Å². The molecule has 0 aromatic heterocycles. The van der Waals surface area contributed by atoms with Gasteiger partial charge in [-0.25, -0.2) is 13.2 Å². The van der Waals surface area contributed by atoms with E-state index < -0.39 is 9.84 Å². The number of hydrogen-bond donors (Lipinski definition) is 2. The predicted octanol–water partition coefficient (Wildman–Crippen LogP) is 4.12. The lowest BCUT2D eigenvalue weighted by atomic mass is 9.88. The third-order valence-corrected chi connectivity index (χ3v) is 8.17. The van der Waals surface area contributed by atoms with Crippen LogP contribution in [-0.2, 0) is 14.6 Å². The molecule has 0 aliphatic heterocycles. The molecule has 2 N–H and O–H groups in total. The molecule has 2 aliphatic carbocycles. The molecule has 2 saturated carbocycles. The van der Waals surface area contributed by atoms with Crippen molar-refractivity contribution in [1.29, 1.82) is 0 Å². The Kier molecular flexibility index (Phi) is 7.35. The summed E-state index contributed by atoms with van der Waals surface area (Å²) in [5.74, 6) is 0.576. The molecule has 0 bridgehead atoms. The molecular weight excluding hydrogens is 376 g/mol. The zero-order valence-corrected chi connectivity index (χ0v) is 17.5. The van der Waals surface area contributed by atoms with E-state index in [4.69, 9.17) is 4.74 Å². The van der Waals surface area contributed by atoms with Crippen molar-refractivity contribution in [2.45, 2.75) is 74.5 Å². The molecule has 1 aromatic rings. The first kappa shape index (κ1) is 21.1. The van der Waals surface area contributed by atoms with Gasteiger partial charge in [-0.15, -0.1) is 0 Å². The Labute approximate surface area is 168 Å². The van der Waals surface area contributed by atoms with E-state index in [9.17, 15) is 13.2 Å². The number of anilines is 1. The summed E-state index contributed by atoms with van der Waals surface area (Å²) in [6, 6.07) is 6.18. The molecule has 1 aromatic carbocycles. The molecule has 2 fully saturated rings. The molecule has 2 atom stereocenters. The van der Waals surface area contributed by atoms with Crippen LogP contribution in [0.15, 0.2) is 29.2 Å². The number of nitrogens with one attached hydrogen (secondary N) is 2. The molecule has 0 radical (unpaired) electrons. The van der Waals surface area contributed by atoms with Crippen molar-refractivity contribution in [3.05, 3.63) is 24.3 Å². The summed E-state index contributed by atoms with van der Waals surface area (Å²) in [4.78, 5) is 12.4. The van der Waals surface area contributed by atoms with Crippen LogP contribution in [0.5, 0.6) is 0 Å². The summed E-state index contributed by atoms with van der Waals surface area (Å²) in [6.45, 7) is 3.13. The van der Waals surface area contributed by atoms with Gasteiger partial charge in [-0.05, 0) is 49.8 Å². The van der Waals surface area contributed by atoms with Crippen LogP contribution in [0.4, 0.5) is 10.5 Å². The Morgan fingerprint density at radius 3 is 2.57 bits per heavy atom. The fourth-order valence-electron chi connectivity index (χ4n) is 4.22. The first-order valence-corrected chi connectivity index (χ1v) is 12.0. The van der Waals surface area contributed by atoms with Gasteiger partial charge in [0, 0.05) is 12.2 Å². The molecule has 156 valence electrons. The van der Waals surface area contributed by atoms with Gasteiger partial charge in [0.25, 0.3) is 0 Å². The van der Waals surface area contributed by atoms with Crippen molar-refractivity contribution >= 4 is 21.6 Å². The van der Waals surface area contributed by atoms with E-state index in [2.05, 4.69) is 17.6 Å². The van der Waals surface area contributed by atoms with Crippen LogP contribution in [0.25, 0.3) is 0 Å². The topological polar surface area (TPSA) is 84.5 Å². The minimum absolute atomic E-state index is 0.284. The molecule has 7 heteroatoms. The van der Waals surface area contributed by atoms with Crippen LogP contribution in [0.2, 0.25) is 0 Å². The van der Waals surface area contributed by atoms with Gasteiger partial charge in [-0.3, -0.25) is 0 Å². The Bertz CT molecular complexity index is 759. The van der Waals surface area contributed by atoms with Crippen LogP contribution in [0.3, 0.4) is 0 Å². The monoisotopic (exact) mass is 408 g/mol. The molecule has 0 heterocycles. The second kappa shape index (κ2) is 9.74. The summed E-state index contributed by atoms with van der Waals surface area (Å²) in [6.07, 6.45) is 8.45. The summed E-state index contributed by atoms with van der Waals surface area (Å²) in [5.41, 5.74) is 0.485. The van der Waals surface area contributed by atoms with Gasteiger partial charge in [0.2, 0.25) is 0 Å². The number of hydrogen-bond acceptors (Lipinski definition) is 4. The number of ether oxygens (including phenoxy) is 1. The number of rotatable bonds is 7. The largest absolute Gasteiger partial charge is 0.376 e. The highest BCUT2D eigenvalue weighted by Gasteiger charge is 2.30. The number of urea groups is 1. The minimum atomic E-state index is -3.33. The first-order valence-electron chi connectivity index (χ1n) is 10.5. The third kappa shape index (κ3) is 5.47. The summed E-state index contributed by atoms with van der Waals surface area (Å²) in [5, 5.41) is 5.20. The lowest BCUT2D eigenvalue weighted by Gasteiger charge is -2.28. The molecule has 2 amide bonds. The van der Waals surface area contributed by atoms with Crippen molar-refractivity contribution in [3.8, 4) is 0 Å². The molecule has 0 saturated heterocycles. The Balaban J connectivity index is 1.46. The highest BCUT2D eigenvalue weighted by Crippen LogP contribution is 2.30. The maximum atomic E-state index is 12.7.